The molecule has 0 aliphatic rings. The maximum Gasteiger partial charge on any atom is 0.340 e. The van der Waals surface area contributed by atoms with Crippen molar-refractivity contribution in [2.75, 3.05) is 25.6 Å². The van der Waals surface area contributed by atoms with Gasteiger partial charge in [0.25, 0.3) is 0 Å². The first kappa shape index (κ1) is 16.3. The summed E-state index contributed by atoms with van der Waals surface area (Å²) >= 11 is 7.10. The highest BCUT2D eigenvalue weighted by molar-refractivity contribution is 9.11. The average Bonchev–Trinajstić information content (AvgIpc) is 2.85. The van der Waals surface area contributed by atoms with Crippen molar-refractivity contribution in [3.8, 4) is 0 Å². The van der Waals surface area contributed by atoms with Crippen LogP contribution in [0.4, 0.5) is 5.82 Å². The fourth-order valence-corrected chi connectivity index (χ4v) is 3.63. The van der Waals surface area contributed by atoms with E-state index >= 15 is 0 Å². The second kappa shape index (κ2) is 6.13. The van der Waals surface area contributed by atoms with Crippen LogP contribution in [0.2, 0.25) is 0 Å². The lowest BCUT2D eigenvalue weighted by molar-refractivity contribution is 0.0525. The summed E-state index contributed by atoms with van der Waals surface area (Å²) in [6.45, 7) is 2.13. The lowest BCUT2D eigenvalue weighted by Gasteiger charge is -2.15. The zero-order chi connectivity index (χ0) is 16.7. The number of aromatic nitrogens is 2. The molecule has 0 atom stereocenters. The van der Waals surface area contributed by atoms with Crippen LogP contribution in [0.15, 0.2) is 33.3 Å². The van der Waals surface area contributed by atoms with Gasteiger partial charge in [0.05, 0.1) is 23.2 Å². The van der Waals surface area contributed by atoms with Gasteiger partial charge < -0.3 is 9.64 Å². The number of hydrogen-bond acceptors (Lipinski definition) is 4. The number of fused-ring (bicyclic) bond motifs is 3. The molecular weight excluding hydrogens is 426 g/mol. The molecule has 0 bridgehead atoms. The Kier molecular flexibility index (Phi) is 4.33. The summed E-state index contributed by atoms with van der Waals surface area (Å²) in [5.74, 6) is 0.427. The molecule has 3 aromatic rings. The Morgan fingerprint density at radius 1 is 1.30 bits per heavy atom. The summed E-state index contributed by atoms with van der Waals surface area (Å²) in [6, 6.07) is 7.67. The number of anilines is 1. The minimum atomic E-state index is -0.351. The molecule has 0 amide bonds. The molecule has 0 radical (unpaired) electrons. The Hall–Kier alpha value is -1.60. The Morgan fingerprint density at radius 2 is 2.04 bits per heavy atom. The zero-order valence-electron chi connectivity index (χ0n) is 12.9. The first-order chi connectivity index (χ1) is 11.0. The van der Waals surface area contributed by atoms with Crippen LogP contribution in [-0.4, -0.2) is 36.1 Å². The molecule has 2 heterocycles. The average molecular weight is 441 g/mol. The van der Waals surface area contributed by atoms with Gasteiger partial charge in [-0.3, -0.25) is 4.40 Å². The van der Waals surface area contributed by atoms with Crippen LogP contribution in [0, 0.1) is 0 Å². The third-order valence-corrected chi connectivity index (χ3v) is 4.93. The zero-order valence-corrected chi connectivity index (χ0v) is 16.1. The van der Waals surface area contributed by atoms with E-state index in [9.17, 15) is 4.79 Å². The molecule has 23 heavy (non-hydrogen) atoms. The van der Waals surface area contributed by atoms with Crippen LogP contribution < -0.4 is 4.90 Å². The molecule has 0 N–H and O–H groups in total. The highest BCUT2D eigenvalue weighted by atomic mass is 79.9. The number of esters is 1. The quantitative estimate of drug-likeness (QED) is 0.571. The summed E-state index contributed by atoms with van der Waals surface area (Å²) in [5.41, 5.74) is 3.07. The number of carbonyl (C=O) groups is 1. The molecular formula is C16H15Br2N3O2. The van der Waals surface area contributed by atoms with Gasteiger partial charge in [-0.25, -0.2) is 9.78 Å². The Morgan fingerprint density at radius 3 is 2.70 bits per heavy atom. The van der Waals surface area contributed by atoms with Crippen molar-refractivity contribution in [2.24, 2.45) is 0 Å². The van der Waals surface area contributed by atoms with Gasteiger partial charge in [-0.05, 0) is 57.0 Å². The largest absolute Gasteiger partial charge is 0.462 e. The molecule has 7 heteroatoms. The number of halogens is 2. The van der Waals surface area contributed by atoms with Gasteiger partial charge >= 0.3 is 5.97 Å². The van der Waals surface area contributed by atoms with Gasteiger partial charge in [0.1, 0.15) is 10.1 Å². The molecule has 1 aromatic carbocycles. The normalized spacial score (nSPS) is 11.2. The number of hydrogen-bond donors (Lipinski definition) is 0. The summed E-state index contributed by atoms with van der Waals surface area (Å²) in [7, 11) is 3.85. The minimum Gasteiger partial charge on any atom is -0.462 e. The third kappa shape index (κ3) is 2.61. The first-order valence-corrected chi connectivity index (χ1v) is 8.68. The maximum atomic E-state index is 12.2. The van der Waals surface area contributed by atoms with E-state index in [4.69, 9.17) is 9.72 Å². The number of carbonyl (C=O) groups excluding carboxylic acids is 1. The smallest absolute Gasteiger partial charge is 0.340 e. The Bertz CT molecular complexity index is 919. The lowest BCUT2D eigenvalue weighted by atomic mass is 10.3. The van der Waals surface area contributed by atoms with E-state index in [1.54, 1.807) is 6.92 Å². The lowest BCUT2D eigenvalue weighted by Crippen LogP contribution is -2.12. The van der Waals surface area contributed by atoms with E-state index in [0.717, 1.165) is 26.8 Å². The third-order valence-electron chi connectivity index (χ3n) is 3.51. The number of rotatable bonds is 3. The minimum absolute atomic E-state index is 0.336. The van der Waals surface area contributed by atoms with Crippen molar-refractivity contribution in [3.05, 3.63) is 38.9 Å². The second-order valence-corrected chi connectivity index (χ2v) is 6.83. The van der Waals surface area contributed by atoms with E-state index in [2.05, 4.69) is 31.9 Å². The standard InChI is InChI=1S/C16H15Br2N3O2/c1-4-23-16(22)9-8-12-15(20(2)3)19-13-10(17)6-5-7-11(13)21(12)14(9)18/h5-8H,4H2,1-3H3. The molecule has 3 rings (SSSR count). The molecule has 2 aromatic heterocycles. The fourth-order valence-electron chi connectivity index (χ4n) is 2.53. The van der Waals surface area contributed by atoms with Gasteiger partial charge in [0.15, 0.2) is 5.82 Å². The highest BCUT2D eigenvalue weighted by Crippen LogP contribution is 2.34. The molecule has 120 valence electrons. The number of benzene rings is 1. The van der Waals surface area contributed by atoms with Crippen LogP contribution in [-0.2, 0) is 4.74 Å². The molecule has 0 saturated heterocycles. The summed E-state index contributed by atoms with van der Waals surface area (Å²) in [5, 5.41) is 0. The van der Waals surface area contributed by atoms with E-state index in [1.807, 2.05) is 47.7 Å². The predicted octanol–water partition coefficient (Wildman–Crippen LogP) is 4.26. The molecule has 0 unspecified atom stereocenters. The number of nitrogens with zero attached hydrogens (tertiary/aromatic N) is 3. The van der Waals surface area contributed by atoms with E-state index in [1.165, 1.54) is 0 Å². The monoisotopic (exact) mass is 439 g/mol. The van der Waals surface area contributed by atoms with E-state index < -0.39 is 0 Å². The molecule has 0 aliphatic carbocycles. The van der Waals surface area contributed by atoms with Crippen LogP contribution in [0.5, 0.6) is 0 Å². The number of para-hydroxylation sites is 1. The predicted molar refractivity (Wildman–Crippen MR) is 98.4 cm³/mol. The Labute approximate surface area is 150 Å². The summed E-state index contributed by atoms with van der Waals surface area (Å²) < 4.78 is 8.70. The van der Waals surface area contributed by atoms with Crippen molar-refractivity contribution in [1.82, 2.24) is 9.38 Å². The van der Waals surface area contributed by atoms with Crippen LogP contribution >= 0.6 is 31.9 Å². The fraction of sp³-hybridized carbons (Fsp3) is 0.250. The maximum absolute atomic E-state index is 12.2. The van der Waals surface area contributed by atoms with Crippen molar-refractivity contribution in [3.63, 3.8) is 0 Å². The molecule has 0 spiro atoms. The van der Waals surface area contributed by atoms with Crippen molar-refractivity contribution in [2.45, 2.75) is 6.92 Å². The second-order valence-electron chi connectivity index (χ2n) is 5.23. The summed E-state index contributed by atoms with van der Waals surface area (Å²) in [6.07, 6.45) is 0. The van der Waals surface area contributed by atoms with Crippen molar-refractivity contribution in [1.29, 1.82) is 0 Å². The molecule has 0 aliphatic heterocycles. The van der Waals surface area contributed by atoms with Gasteiger partial charge in [0, 0.05) is 18.6 Å². The van der Waals surface area contributed by atoms with Crippen molar-refractivity contribution >= 4 is 60.2 Å². The SMILES string of the molecule is CCOC(=O)c1cc2c(N(C)C)nc3c(Br)cccc3n2c1Br. The van der Waals surface area contributed by atoms with Gasteiger partial charge in [-0.15, -0.1) is 0 Å². The van der Waals surface area contributed by atoms with Gasteiger partial charge in [-0.1, -0.05) is 6.07 Å². The Balaban J connectivity index is 2.45. The molecule has 0 saturated carbocycles. The first-order valence-electron chi connectivity index (χ1n) is 7.09. The number of ether oxygens (including phenoxy) is 1. The van der Waals surface area contributed by atoms with E-state index in [0.29, 0.717) is 16.8 Å². The molecule has 5 nitrogen and oxygen atoms in total. The van der Waals surface area contributed by atoms with Crippen molar-refractivity contribution < 1.29 is 9.53 Å². The van der Waals surface area contributed by atoms with Crippen LogP contribution in [0.1, 0.15) is 17.3 Å². The topological polar surface area (TPSA) is 46.8 Å². The van der Waals surface area contributed by atoms with Crippen LogP contribution in [0.25, 0.3) is 16.6 Å². The highest BCUT2D eigenvalue weighted by Gasteiger charge is 2.21. The summed E-state index contributed by atoms with van der Waals surface area (Å²) in [4.78, 5) is 18.9. The van der Waals surface area contributed by atoms with E-state index in [-0.39, 0.29) is 5.97 Å². The van der Waals surface area contributed by atoms with Crippen LogP contribution in [0.3, 0.4) is 0 Å². The van der Waals surface area contributed by atoms with Gasteiger partial charge in [0.2, 0.25) is 0 Å². The van der Waals surface area contributed by atoms with Gasteiger partial charge in [-0.2, -0.15) is 0 Å². The molecule has 0 fully saturated rings.